The lowest BCUT2D eigenvalue weighted by Gasteiger charge is -2.42. The minimum Gasteiger partial charge on any atom is -0.375 e. The van der Waals surface area contributed by atoms with Crippen LogP contribution in [0.1, 0.15) is 53.7 Å². The van der Waals surface area contributed by atoms with E-state index in [9.17, 15) is 4.79 Å². The number of methoxy groups -OCH3 is 1. The van der Waals surface area contributed by atoms with Crippen molar-refractivity contribution in [2.75, 3.05) is 20.2 Å². The van der Waals surface area contributed by atoms with E-state index >= 15 is 0 Å². The summed E-state index contributed by atoms with van der Waals surface area (Å²) in [6.07, 6.45) is 0.763. The van der Waals surface area contributed by atoms with Crippen LogP contribution >= 0.6 is 36.2 Å². The Morgan fingerprint density at radius 1 is 1.48 bits per heavy atom. The predicted octanol–water partition coefficient (Wildman–Crippen LogP) is 3.20. The van der Waals surface area contributed by atoms with Crippen LogP contribution in [0.4, 0.5) is 0 Å². The number of likely N-dealkylation sites (tertiary alicyclic amines) is 1. The molecule has 2 N–H and O–H groups in total. The standard InChI is InChI=1S/C15H25N3O2S.2ClH/c1-9-12(21-13(17-9)10(2)20-5)14(19)18-7-6-11(16)15(3,4)8-18;;/h10-11H,6-8,16H2,1-5H3;2*1H. The molecule has 1 aliphatic rings. The largest absolute Gasteiger partial charge is 0.375 e. The highest BCUT2D eigenvalue weighted by Gasteiger charge is 2.36. The molecule has 1 aromatic heterocycles. The zero-order chi connectivity index (χ0) is 15.8. The number of nitrogens with two attached hydrogens (primary N) is 1. The third-order valence-electron chi connectivity index (χ3n) is 4.31. The van der Waals surface area contributed by atoms with Gasteiger partial charge in [0.15, 0.2) is 0 Å². The molecule has 134 valence electrons. The predicted molar refractivity (Wildman–Crippen MR) is 99.0 cm³/mol. The highest BCUT2D eigenvalue weighted by atomic mass is 35.5. The summed E-state index contributed by atoms with van der Waals surface area (Å²) in [7, 11) is 1.65. The van der Waals surface area contributed by atoms with Crippen LogP contribution in [0.5, 0.6) is 0 Å². The molecule has 2 rings (SSSR count). The van der Waals surface area contributed by atoms with Crippen LogP contribution in [0.3, 0.4) is 0 Å². The van der Waals surface area contributed by atoms with Gasteiger partial charge in [-0.1, -0.05) is 13.8 Å². The highest BCUT2D eigenvalue weighted by Crippen LogP contribution is 2.31. The van der Waals surface area contributed by atoms with Gasteiger partial charge >= 0.3 is 0 Å². The van der Waals surface area contributed by atoms with Gasteiger partial charge in [-0.2, -0.15) is 0 Å². The van der Waals surface area contributed by atoms with E-state index in [2.05, 4.69) is 18.8 Å². The van der Waals surface area contributed by atoms with Crippen molar-refractivity contribution in [3.63, 3.8) is 0 Å². The number of hydrogen-bond donors (Lipinski definition) is 1. The van der Waals surface area contributed by atoms with Gasteiger partial charge in [0.1, 0.15) is 16.0 Å². The Balaban J connectivity index is 0.00000242. The molecule has 1 fully saturated rings. The van der Waals surface area contributed by atoms with Gasteiger partial charge in [0, 0.05) is 26.2 Å². The monoisotopic (exact) mass is 383 g/mol. The van der Waals surface area contributed by atoms with Crippen molar-refractivity contribution in [2.24, 2.45) is 11.1 Å². The number of carbonyl (C=O) groups excluding carboxylic acids is 1. The van der Waals surface area contributed by atoms with Crippen molar-refractivity contribution in [1.29, 1.82) is 0 Å². The van der Waals surface area contributed by atoms with Crippen LogP contribution in [0, 0.1) is 12.3 Å². The normalized spacial score (nSPS) is 21.1. The van der Waals surface area contributed by atoms with Crippen molar-refractivity contribution in [1.82, 2.24) is 9.88 Å². The average molecular weight is 384 g/mol. The first-order valence-electron chi connectivity index (χ1n) is 7.31. The van der Waals surface area contributed by atoms with Crippen molar-refractivity contribution in [2.45, 2.75) is 46.3 Å². The van der Waals surface area contributed by atoms with Crippen LogP contribution in [-0.2, 0) is 4.74 Å². The average Bonchev–Trinajstić information content (AvgIpc) is 2.82. The molecule has 2 atom stereocenters. The number of thiazole rings is 1. The maximum atomic E-state index is 12.8. The smallest absolute Gasteiger partial charge is 0.265 e. The minimum absolute atomic E-state index is 0. The number of ether oxygens (including phenoxy) is 1. The Bertz CT molecular complexity index is 537. The van der Waals surface area contributed by atoms with E-state index in [1.54, 1.807) is 7.11 Å². The summed E-state index contributed by atoms with van der Waals surface area (Å²) in [6.45, 7) is 9.48. The third kappa shape index (κ3) is 4.79. The van der Waals surface area contributed by atoms with Crippen LogP contribution in [0.25, 0.3) is 0 Å². The Labute approximate surface area is 154 Å². The fourth-order valence-corrected chi connectivity index (χ4v) is 3.64. The number of halogens is 2. The van der Waals surface area contributed by atoms with Crippen molar-refractivity contribution >= 4 is 42.1 Å². The van der Waals surface area contributed by atoms with E-state index in [0.29, 0.717) is 6.54 Å². The first-order valence-corrected chi connectivity index (χ1v) is 8.13. The van der Waals surface area contributed by atoms with E-state index < -0.39 is 0 Å². The molecule has 0 radical (unpaired) electrons. The molecule has 2 unspecified atom stereocenters. The molecule has 0 saturated carbocycles. The van der Waals surface area contributed by atoms with Crippen LogP contribution < -0.4 is 5.73 Å². The van der Waals surface area contributed by atoms with Gasteiger partial charge in [0.05, 0.1) is 5.69 Å². The molecule has 0 spiro atoms. The summed E-state index contributed by atoms with van der Waals surface area (Å²) in [5.74, 6) is 0.0690. The van der Waals surface area contributed by atoms with Crippen LogP contribution in [0.2, 0.25) is 0 Å². The molecule has 1 amide bonds. The number of nitrogens with zero attached hydrogens (tertiary/aromatic N) is 2. The molecule has 0 bridgehead atoms. The first kappa shape index (κ1) is 22.6. The number of carbonyl (C=O) groups is 1. The Morgan fingerprint density at radius 3 is 2.61 bits per heavy atom. The number of aryl methyl sites for hydroxylation is 1. The van der Waals surface area contributed by atoms with Gasteiger partial charge in [-0.25, -0.2) is 4.98 Å². The SMILES string of the molecule is COC(C)c1nc(C)c(C(=O)N2CCC(N)C(C)(C)C2)s1.Cl.Cl. The van der Waals surface area contributed by atoms with Crippen LogP contribution in [0.15, 0.2) is 0 Å². The van der Waals surface area contributed by atoms with E-state index in [4.69, 9.17) is 10.5 Å². The van der Waals surface area contributed by atoms with E-state index in [0.717, 1.165) is 28.5 Å². The van der Waals surface area contributed by atoms with Gasteiger partial charge in [0.25, 0.3) is 5.91 Å². The summed E-state index contributed by atoms with van der Waals surface area (Å²) in [5.41, 5.74) is 6.88. The molecule has 5 nitrogen and oxygen atoms in total. The molecule has 1 aliphatic heterocycles. The van der Waals surface area contributed by atoms with Crippen molar-refractivity contribution in [3.8, 4) is 0 Å². The molecular formula is C15H27Cl2N3O2S. The summed E-state index contributed by atoms with van der Waals surface area (Å²) < 4.78 is 5.28. The second-order valence-electron chi connectivity index (χ2n) is 6.46. The molecule has 23 heavy (non-hydrogen) atoms. The number of hydrogen-bond acceptors (Lipinski definition) is 5. The van der Waals surface area contributed by atoms with Gasteiger partial charge in [-0.15, -0.1) is 36.2 Å². The Hall–Kier alpha value is -0.400. The maximum absolute atomic E-state index is 12.8. The van der Waals surface area contributed by atoms with Gasteiger partial charge in [-0.05, 0) is 25.7 Å². The molecule has 2 heterocycles. The second kappa shape index (κ2) is 8.62. The molecule has 0 aromatic carbocycles. The number of rotatable bonds is 3. The first-order chi connectivity index (χ1) is 9.76. The molecule has 0 aliphatic carbocycles. The molecular weight excluding hydrogens is 357 g/mol. The molecule has 1 aromatic rings. The minimum atomic E-state index is -0.0820. The van der Waals surface area contributed by atoms with Crippen molar-refractivity contribution in [3.05, 3.63) is 15.6 Å². The number of amides is 1. The molecule has 1 saturated heterocycles. The zero-order valence-electron chi connectivity index (χ0n) is 14.3. The summed E-state index contributed by atoms with van der Waals surface area (Å²) in [5, 5.41) is 0.853. The maximum Gasteiger partial charge on any atom is 0.265 e. The van der Waals surface area contributed by atoms with E-state index in [1.165, 1.54) is 11.3 Å². The lowest BCUT2D eigenvalue weighted by atomic mass is 9.79. The highest BCUT2D eigenvalue weighted by molar-refractivity contribution is 7.13. The summed E-state index contributed by atoms with van der Waals surface area (Å²) in [6, 6.07) is 0.146. The van der Waals surface area contributed by atoms with E-state index in [1.807, 2.05) is 18.7 Å². The van der Waals surface area contributed by atoms with Crippen molar-refractivity contribution < 1.29 is 9.53 Å². The fraction of sp³-hybridized carbons (Fsp3) is 0.733. The lowest BCUT2D eigenvalue weighted by Crippen LogP contribution is -2.53. The summed E-state index contributed by atoms with van der Waals surface area (Å²) in [4.78, 5) is 19.9. The Morgan fingerprint density at radius 2 is 2.09 bits per heavy atom. The van der Waals surface area contributed by atoms with Gasteiger partial charge in [0.2, 0.25) is 0 Å². The third-order valence-corrected chi connectivity index (χ3v) is 5.61. The Kier molecular flexibility index (Phi) is 8.47. The van der Waals surface area contributed by atoms with Gasteiger partial charge < -0.3 is 15.4 Å². The van der Waals surface area contributed by atoms with Crippen LogP contribution in [-0.4, -0.2) is 42.0 Å². The number of piperidine rings is 1. The topological polar surface area (TPSA) is 68.5 Å². The quantitative estimate of drug-likeness (QED) is 0.869. The summed E-state index contributed by atoms with van der Waals surface area (Å²) >= 11 is 1.44. The molecule has 8 heteroatoms. The van der Waals surface area contributed by atoms with Gasteiger partial charge in [-0.3, -0.25) is 4.79 Å². The number of aromatic nitrogens is 1. The lowest BCUT2D eigenvalue weighted by molar-refractivity contribution is 0.0536. The second-order valence-corrected chi connectivity index (χ2v) is 7.49. The zero-order valence-corrected chi connectivity index (χ0v) is 16.7. The van der Waals surface area contributed by atoms with E-state index in [-0.39, 0.29) is 48.3 Å². The fourth-order valence-electron chi connectivity index (χ4n) is 2.58.